The normalized spacial score (nSPS) is 12.9. The van der Waals surface area contributed by atoms with Crippen molar-refractivity contribution in [2.24, 2.45) is 5.84 Å². The zero-order valence-corrected chi connectivity index (χ0v) is 11.7. The van der Waals surface area contributed by atoms with Crippen LogP contribution in [0.1, 0.15) is 16.5 Å². The quantitative estimate of drug-likeness (QED) is 0.505. The second-order valence-corrected chi connectivity index (χ2v) is 7.02. The Morgan fingerprint density at radius 3 is 2.87 bits per heavy atom. The highest BCUT2D eigenvalue weighted by Crippen LogP contribution is 2.25. The highest BCUT2D eigenvalue weighted by Gasteiger charge is 2.12. The summed E-state index contributed by atoms with van der Waals surface area (Å²) in [5.74, 6) is 5.59. The van der Waals surface area contributed by atoms with Crippen LogP contribution in [0.15, 0.2) is 29.0 Å². The van der Waals surface area contributed by atoms with E-state index in [0.29, 0.717) is 0 Å². The standard InChI is InChI=1S/C10H11IN2S2/c11-10-4-7(6-15-10)9(13-12)5-8-2-1-3-14-8/h1-4,6,9,13H,5,12H2. The molecule has 0 saturated carbocycles. The van der Waals surface area contributed by atoms with Crippen molar-refractivity contribution in [2.45, 2.75) is 12.5 Å². The predicted octanol–water partition coefficient (Wildman–Crippen LogP) is 3.16. The summed E-state index contributed by atoms with van der Waals surface area (Å²) in [6.45, 7) is 0. The summed E-state index contributed by atoms with van der Waals surface area (Å²) in [6.07, 6.45) is 0.959. The molecule has 2 heterocycles. The van der Waals surface area contributed by atoms with E-state index in [9.17, 15) is 0 Å². The molecule has 0 spiro atoms. The fourth-order valence-electron chi connectivity index (χ4n) is 1.41. The monoisotopic (exact) mass is 350 g/mol. The Morgan fingerprint density at radius 1 is 1.47 bits per heavy atom. The first-order chi connectivity index (χ1) is 7.29. The Labute approximate surface area is 111 Å². The maximum absolute atomic E-state index is 5.59. The van der Waals surface area contributed by atoms with Crippen molar-refractivity contribution in [3.05, 3.63) is 42.3 Å². The van der Waals surface area contributed by atoms with Crippen LogP contribution in [0.3, 0.4) is 0 Å². The minimum Gasteiger partial charge on any atom is -0.271 e. The molecule has 0 saturated heterocycles. The van der Waals surface area contributed by atoms with Gasteiger partial charge in [-0.15, -0.1) is 22.7 Å². The molecule has 1 atom stereocenters. The third-order valence-corrected chi connectivity index (χ3v) is 4.88. The lowest BCUT2D eigenvalue weighted by atomic mass is 10.1. The first-order valence-corrected chi connectivity index (χ1v) is 7.36. The molecule has 2 rings (SSSR count). The van der Waals surface area contributed by atoms with Crippen molar-refractivity contribution in [3.8, 4) is 0 Å². The van der Waals surface area contributed by atoms with E-state index in [-0.39, 0.29) is 6.04 Å². The zero-order chi connectivity index (χ0) is 10.7. The molecule has 0 aliphatic rings. The molecule has 2 aromatic heterocycles. The molecule has 0 aliphatic carbocycles. The first-order valence-electron chi connectivity index (χ1n) is 4.52. The summed E-state index contributed by atoms with van der Waals surface area (Å²) in [6, 6.07) is 6.63. The van der Waals surface area contributed by atoms with Crippen LogP contribution in [0.5, 0.6) is 0 Å². The number of hydrazine groups is 1. The summed E-state index contributed by atoms with van der Waals surface area (Å²) >= 11 is 5.86. The van der Waals surface area contributed by atoms with Gasteiger partial charge in [0, 0.05) is 11.3 Å². The lowest BCUT2D eigenvalue weighted by molar-refractivity contribution is 0.557. The van der Waals surface area contributed by atoms with Gasteiger partial charge in [-0.1, -0.05) is 6.07 Å². The topological polar surface area (TPSA) is 38.0 Å². The van der Waals surface area contributed by atoms with Crippen molar-refractivity contribution in [1.29, 1.82) is 0 Å². The second kappa shape index (κ2) is 5.40. The van der Waals surface area contributed by atoms with Crippen LogP contribution < -0.4 is 11.3 Å². The minimum atomic E-state index is 0.225. The summed E-state index contributed by atoms with van der Waals surface area (Å²) < 4.78 is 1.30. The van der Waals surface area contributed by atoms with Crippen molar-refractivity contribution in [3.63, 3.8) is 0 Å². The smallest absolute Gasteiger partial charge is 0.0656 e. The van der Waals surface area contributed by atoms with Crippen LogP contribution in [0.2, 0.25) is 0 Å². The number of halogens is 1. The van der Waals surface area contributed by atoms with Gasteiger partial charge >= 0.3 is 0 Å². The Kier molecular flexibility index (Phi) is 4.15. The molecule has 0 bridgehead atoms. The van der Waals surface area contributed by atoms with Gasteiger partial charge in [0.2, 0.25) is 0 Å². The van der Waals surface area contributed by atoms with Crippen molar-refractivity contribution in [2.75, 3.05) is 0 Å². The van der Waals surface area contributed by atoms with E-state index in [1.54, 1.807) is 22.7 Å². The van der Waals surface area contributed by atoms with Gasteiger partial charge in [0.05, 0.1) is 8.93 Å². The fraction of sp³-hybridized carbons (Fsp3) is 0.200. The first kappa shape index (κ1) is 11.5. The average Bonchev–Trinajstić information content (AvgIpc) is 2.85. The maximum atomic E-state index is 5.59. The van der Waals surface area contributed by atoms with Gasteiger partial charge in [-0.3, -0.25) is 11.3 Å². The number of thiophene rings is 2. The molecular formula is C10H11IN2S2. The third-order valence-electron chi connectivity index (χ3n) is 2.18. The van der Waals surface area contributed by atoms with Crippen LogP contribution >= 0.6 is 45.3 Å². The number of rotatable bonds is 4. The number of hydrogen-bond donors (Lipinski definition) is 2. The highest BCUT2D eigenvalue weighted by molar-refractivity contribution is 14.1. The predicted molar refractivity (Wildman–Crippen MR) is 75.1 cm³/mol. The Hall–Kier alpha value is 0.0500. The average molecular weight is 350 g/mol. The van der Waals surface area contributed by atoms with Crippen LogP contribution in [0, 0.1) is 2.88 Å². The van der Waals surface area contributed by atoms with E-state index < -0.39 is 0 Å². The number of hydrogen-bond acceptors (Lipinski definition) is 4. The molecule has 2 nitrogen and oxygen atoms in total. The van der Waals surface area contributed by atoms with Gasteiger partial charge in [0.25, 0.3) is 0 Å². The summed E-state index contributed by atoms with van der Waals surface area (Å²) in [5, 5.41) is 4.26. The molecule has 0 fully saturated rings. The molecule has 15 heavy (non-hydrogen) atoms. The van der Waals surface area contributed by atoms with Gasteiger partial charge in [-0.05, 0) is 51.0 Å². The third kappa shape index (κ3) is 3.01. The minimum absolute atomic E-state index is 0.225. The molecule has 1 unspecified atom stereocenters. The van der Waals surface area contributed by atoms with Crippen molar-refractivity contribution < 1.29 is 0 Å². The SMILES string of the molecule is NNC(Cc1cccs1)c1csc(I)c1. The van der Waals surface area contributed by atoms with E-state index in [1.807, 2.05) is 0 Å². The molecule has 0 amide bonds. The van der Waals surface area contributed by atoms with E-state index in [2.05, 4.69) is 57.0 Å². The number of nitrogens with one attached hydrogen (secondary N) is 1. The zero-order valence-electron chi connectivity index (χ0n) is 7.94. The van der Waals surface area contributed by atoms with Crippen LogP contribution in [0.25, 0.3) is 0 Å². The van der Waals surface area contributed by atoms with Gasteiger partial charge in [0.15, 0.2) is 0 Å². The molecule has 0 aliphatic heterocycles. The lowest BCUT2D eigenvalue weighted by Crippen LogP contribution is -2.29. The molecule has 0 radical (unpaired) electrons. The molecule has 5 heteroatoms. The lowest BCUT2D eigenvalue weighted by Gasteiger charge is -2.13. The van der Waals surface area contributed by atoms with Gasteiger partial charge < -0.3 is 0 Å². The van der Waals surface area contributed by atoms with E-state index >= 15 is 0 Å². The van der Waals surface area contributed by atoms with E-state index in [1.165, 1.54) is 13.3 Å². The Balaban J connectivity index is 2.11. The summed E-state index contributed by atoms with van der Waals surface area (Å²) in [5.41, 5.74) is 4.16. The van der Waals surface area contributed by atoms with E-state index in [0.717, 1.165) is 6.42 Å². The molecule has 0 aromatic carbocycles. The summed E-state index contributed by atoms with van der Waals surface area (Å²) in [4.78, 5) is 1.36. The fourth-order valence-corrected chi connectivity index (χ4v) is 3.59. The van der Waals surface area contributed by atoms with Crippen molar-refractivity contribution >= 4 is 45.3 Å². The largest absolute Gasteiger partial charge is 0.271 e. The second-order valence-electron chi connectivity index (χ2n) is 3.19. The van der Waals surface area contributed by atoms with Crippen LogP contribution in [0.4, 0.5) is 0 Å². The number of nitrogens with two attached hydrogens (primary N) is 1. The Morgan fingerprint density at radius 2 is 2.33 bits per heavy atom. The van der Waals surface area contributed by atoms with Gasteiger partial charge in [-0.25, -0.2) is 0 Å². The van der Waals surface area contributed by atoms with Crippen LogP contribution in [-0.4, -0.2) is 0 Å². The van der Waals surface area contributed by atoms with Gasteiger partial charge in [-0.2, -0.15) is 0 Å². The van der Waals surface area contributed by atoms with Crippen molar-refractivity contribution in [1.82, 2.24) is 5.43 Å². The Bertz CT molecular complexity index is 411. The summed E-state index contributed by atoms with van der Waals surface area (Å²) in [7, 11) is 0. The molecular weight excluding hydrogens is 339 g/mol. The maximum Gasteiger partial charge on any atom is 0.0656 e. The van der Waals surface area contributed by atoms with E-state index in [4.69, 9.17) is 5.84 Å². The molecule has 2 aromatic rings. The van der Waals surface area contributed by atoms with Gasteiger partial charge in [0.1, 0.15) is 0 Å². The highest BCUT2D eigenvalue weighted by atomic mass is 127. The van der Waals surface area contributed by atoms with Crippen LogP contribution in [-0.2, 0) is 6.42 Å². The molecule has 80 valence electrons. The molecule has 3 N–H and O–H groups in total.